The molecule has 10 heteroatoms. The molecule has 0 aliphatic rings. The summed E-state index contributed by atoms with van der Waals surface area (Å²) in [5, 5.41) is 4.62. The van der Waals surface area contributed by atoms with Gasteiger partial charge in [0.2, 0.25) is 10.0 Å². The minimum absolute atomic E-state index is 0.296. The van der Waals surface area contributed by atoms with Gasteiger partial charge in [0.15, 0.2) is 0 Å². The maximum atomic E-state index is 12.2. The molecule has 0 atom stereocenters. The van der Waals surface area contributed by atoms with Crippen molar-refractivity contribution >= 4 is 27.5 Å². The molecule has 112 valence electrons. The van der Waals surface area contributed by atoms with Gasteiger partial charge in [0.1, 0.15) is 6.54 Å². The van der Waals surface area contributed by atoms with Gasteiger partial charge in [-0.3, -0.25) is 4.79 Å². The molecule has 1 aromatic rings. The lowest BCUT2D eigenvalue weighted by atomic mass is 10.2. The highest BCUT2D eigenvalue weighted by Crippen LogP contribution is 2.25. The van der Waals surface area contributed by atoms with Gasteiger partial charge in [-0.05, 0) is 12.1 Å². The van der Waals surface area contributed by atoms with E-state index in [0.717, 1.165) is 13.1 Å². The van der Waals surface area contributed by atoms with Gasteiger partial charge in [-0.2, -0.15) is 13.2 Å². The fourth-order valence-corrected chi connectivity index (χ4v) is 2.54. The van der Waals surface area contributed by atoms with Crippen molar-refractivity contribution in [3.8, 4) is 0 Å². The van der Waals surface area contributed by atoms with Crippen LogP contribution in [0.2, 0.25) is 5.02 Å². The van der Waals surface area contributed by atoms with Crippen molar-refractivity contribution in [2.45, 2.75) is 11.1 Å². The predicted molar refractivity (Wildman–Crippen MR) is 65.8 cm³/mol. The van der Waals surface area contributed by atoms with E-state index in [1.807, 2.05) is 0 Å². The molecule has 20 heavy (non-hydrogen) atoms. The lowest BCUT2D eigenvalue weighted by Gasteiger charge is -2.20. The van der Waals surface area contributed by atoms with Crippen molar-refractivity contribution in [1.29, 1.82) is 0 Å². The van der Waals surface area contributed by atoms with Crippen LogP contribution in [0.25, 0.3) is 0 Å². The molecule has 0 spiro atoms. The predicted octanol–water partition coefficient (Wildman–Crippen LogP) is 1.62. The molecule has 0 aromatic heterocycles. The molecular weight excluding hydrogens is 321 g/mol. The van der Waals surface area contributed by atoms with Crippen molar-refractivity contribution in [1.82, 2.24) is 4.90 Å². The van der Waals surface area contributed by atoms with E-state index in [4.69, 9.17) is 16.7 Å². The molecule has 0 aliphatic carbocycles. The number of halogens is 4. The van der Waals surface area contributed by atoms with Crippen molar-refractivity contribution in [2.75, 3.05) is 13.6 Å². The molecular formula is C10H10ClF3N2O3S. The van der Waals surface area contributed by atoms with Crippen LogP contribution in [0, 0.1) is 0 Å². The number of hydrogen-bond acceptors (Lipinski definition) is 3. The summed E-state index contributed by atoms with van der Waals surface area (Å²) >= 11 is 5.70. The first kappa shape index (κ1) is 16.7. The normalized spacial score (nSPS) is 12.3. The first-order valence-corrected chi connectivity index (χ1v) is 6.99. The molecule has 0 saturated carbocycles. The zero-order valence-corrected chi connectivity index (χ0v) is 11.7. The van der Waals surface area contributed by atoms with Crippen LogP contribution in [-0.2, 0) is 10.0 Å². The van der Waals surface area contributed by atoms with Crippen LogP contribution in [0.1, 0.15) is 10.4 Å². The van der Waals surface area contributed by atoms with Gasteiger partial charge in [0, 0.05) is 7.05 Å². The summed E-state index contributed by atoms with van der Waals surface area (Å²) in [5.74, 6) is -1.18. The Balaban J connectivity index is 3.30. The highest BCUT2D eigenvalue weighted by Gasteiger charge is 2.33. The molecule has 0 aliphatic heterocycles. The molecule has 1 aromatic carbocycles. The summed E-state index contributed by atoms with van der Waals surface area (Å²) in [7, 11) is -3.41. The zero-order chi connectivity index (χ0) is 15.7. The van der Waals surface area contributed by atoms with Gasteiger partial charge in [-0.15, -0.1) is 0 Å². The van der Waals surface area contributed by atoms with Crippen LogP contribution < -0.4 is 5.14 Å². The van der Waals surface area contributed by atoms with E-state index in [2.05, 4.69) is 0 Å². The molecule has 1 amide bonds. The third-order valence-electron chi connectivity index (χ3n) is 2.26. The maximum Gasteiger partial charge on any atom is 0.406 e. The van der Waals surface area contributed by atoms with Crippen LogP contribution in [0.4, 0.5) is 13.2 Å². The summed E-state index contributed by atoms with van der Waals surface area (Å²) < 4.78 is 59.4. The van der Waals surface area contributed by atoms with Crippen molar-refractivity contribution in [3.63, 3.8) is 0 Å². The number of alkyl halides is 3. The Hall–Kier alpha value is -1.32. The number of nitrogens with zero attached hydrogens (tertiary/aromatic N) is 1. The Morgan fingerprint density at radius 2 is 1.95 bits per heavy atom. The Kier molecular flexibility index (Phi) is 4.67. The van der Waals surface area contributed by atoms with E-state index in [9.17, 15) is 26.4 Å². The summed E-state index contributed by atoms with van der Waals surface area (Å²) in [6, 6.07) is 3.41. The highest BCUT2D eigenvalue weighted by atomic mass is 35.5. The van der Waals surface area contributed by atoms with Crippen LogP contribution in [-0.4, -0.2) is 39.0 Å². The van der Waals surface area contributed by atoms with Crippen molar-refractivity contribution in [2.24, 2.45) is 5.14 Å². The first-order chi connectivity index (χ1) is 8.93. The first-order valence-electron chi connectivity index (χ1n) is 5.07. The van der Waals surface area contributed by atoms with Crippen LogP contribution >= 0.6 is 11.6 Å². The number of rotatable bonds is 3. The van der Waals surface area contributed by atoms with Gasteiger partial charge >= 0.3 is 6.18 Å². The Morgan fingerprint density at radius 3 is 2.40 bits per heavy atom. The number of benzene rings is 1. The Bertz CT molecular complexity index is 631. The second-order valence-corrected chi connectivity index (χ2v) is 5.87. The summed E-state index contributed by atoms with van der Waals surface area (Å²) in [6.07, 6.45) is -4.62. The smallest absolute Gasteiger partial charge is 0.333 e. The fourth-order valence-electron chi connectivity index (χ4n) is 1.48. The number of carbonyl (C=O) groups is 1. The third-order valence-corrected chi connectivity index (χ3v) is 3.53. The number of amides is 1. The SMILES string of the molecule is CN(CC(F)(F)F)C(=O)c1c(Cl)cccc1S(N)(=O)=O. The lowest BCUT2D eigenvalue weighted by Crippen LogP contribution is -2.36. The molecule has 0 unspecified atom stereocenters. The number of hydrogen-bond donors (Lipinski definition) is 1. The second kappa shape index (κ2) is 5.58. The van der Waals surface area contributed by atoms with E-state index in [1.54, 1.807) is 0 Å². The summed E-state index contributed by atoms with van der Waals surface area (Å²) in [6.45, 7) is -1.54. The standard InChI is InChI=1S/C10H10ClF3N2O3S/c1-16(5-10(12,13)14)9(17)8-6(11)3-2-4-7(8)20(15,18)19/h2-4H,5H2,1H3,(H2,15,18,19). The van der Waals surface area contributed by atoms with Gasteiger partial charge < -0.3 is 4.90 Å². The van der Waals surface area contributed by atoms with Gasteiger partial charge in [0.05, 0.1) is 15.5 Å². The number of nitrogens with two attached hydrogens (primary N) is 1. The highest BCUT2D eigenvalue weighted by molar-refractivity contribution is 7.89. The average Bonchev–Trinajstić information content (AvgIpc) is 2.24. The lowest BCUT2D eigenvalue weighted by molar-refractivity contribution is -0.138. The molecule has 0 radical (unpaired) electrons. The van der Waals surface area contributed by atoms with Gasteiger partial charge in [-0.25, -0.2) is 13.6 Å². The minimum Gasteiger partial charge on any atom is -0.333 e. The summed E-state index contributed by atoms with van der Waals surface area (Å²) in [5.41, 5.74) is -0.580. The number of sulfonamides is 1. The maximum absolute atomic E-state index is 12.2. The van der Waals surface area contributed by atoms with Crippen LogP contribution in [0.5, 0.6) is 0 Å². The fraction of sp³-hybridized carbons (Fsp3) is 0.300. The van der Waals surface area contributed by atoms with E-state index >= 15 is 0 Å². The average molecular weight is 331 g/mol. The molecule has 2 N–H and O–H groups in total. The molecule has 0 saturated heterocycles. The summed E-state index contributed by atoms with van der Waals surface area (Å²) in [4.78, 5) is 11.6. The third kappa shape index (κ3) is 4.09. The minimum atomic E-state index is -4.62. The monoisotopic (exact) mass is 330 g/mol. The van der Waals surface area contributed by atoms with E-state index in [1.165, 1.54) is 12.1 Å². The quantitative estimate of drug-likeness (QED) is 0.914. The van der Waals surface area contributed by atoms with Crippen LogP contribution in [0.3, 0.4) is 0 Å². The molecule has 0 heterocycles. The largest absolute Gasteiger partial charge is 0.406 e. The van der Waals surface area contributed by atoms with Crippen molar-refractivity contribution in [3.05, 3.63) is 28.8 Å². The molecule has 0 bridgehead atoms. The topological polar surface area (TPSA) is 80.5 Å². The Morgan fingerprint density at radius 1 is 1.40 bits per heavy atom. The van der Waals surface area contributed by atoms with Gasteiger partial charge in [-0.1, -0.05) is 17.7 Å². The van der Waals surface area contributed by atoms with Crippen LogP contribution in [0.15, 0.2) is 23.1 Å². The number of carbonyl (C=O) groups excluding carboxylic acids is 1. The molecule has 1 rings (SSSR count). The van der Waals surface area contributed by atoms with E-state index < -0.39 is 39.1 Å². The Labute approximate surface area is 118 Å². The zero-order valence-electron chi connectivity index (χ0n) is 10.1. The molecule has 0 fully saturated rings. The molecule has 5 nitrogen and oxygen atoms in total. The van der Waals surface area contributed by atoms with Crippen molar-refractivity contribution < 1.29 is 26.4 Å². The number of primary sulfonamides is 1. The second-order valence-electron chi connectivity index (χ2n) is 3.93. The van der Waals surface area contributed by atoms with E-state index in [0.29, 0.717) is 4.90 Å². The van der Waals surface area contributed by atoms with E-state index in [-0.39, 0.29) is 5.02 Å². The van der Waals surface area contributed by atoms with Gasteiger partial charge in [0.25, 0.3) is 5.91 Å².